The Hall–Kier alpha value is -1.36. The normalized spacial score (nSPS) is 11.8. The molecular formula is C18H30F2IN3O3. The number of methoxy groups -OCH3 is 2. The molecule has 0 aromatic heterocycles. The Balaban J connectivity index is 0.00000676. The molecule has 0 aliphatic carbocycles. The van der Waals surface area contributed by atoms with Crippen LogP contribution in [0.1, 0.15) is 26.3 Å². The summed E-state index contributed by atoms with van der Waals surface area (Å²) in [4.78, 5) is 4.50. The highest BCUT2D eigenvalue weighted by molar-refractivity contribution is 14.0. The van der Waals surface area contributed by atoms with Gasteiger partial charge in [0, 0.05) is 20.2 Å². The monoisotopic (exact) mass is 501 g/mol. The first-order valence-electron chi connectivity index (χ1n) is 8.50. The Morgan fingerprint density at radius 2 is 1.89 bits per heavy atom. The van der Waals surface area contributed by atoms with Crippen LogP contribution in [0.25, 0.3) is 0 Å². The molecule has 0 bridgehead atoms. The molecule has 1 aromatic rings. The number of halogens is 3. The summed E-state index contributed by atoms with van der Waals surface area (Å²) in [5.41, 5.74) is 0.502. The standard InChI is InChI=1S/C18H29F2N3O3.HI/c1-6-21-17(23-12-18(2,3)25-5)22-10-9-13-7-8-14(24-4)15(11-13)26-16(19)20;/h7-8,11,16H,6,9-10,12H2,1-5H3,(H2,21,22,23);1H. The van der Waals surface area contributed by atoms with E-state index >= 15 is 0 Å². The van der Waals surface area contributed by atoms with Crippen molar-refractivity contribution in [3.63, 3.8) is 0 Å². The van der Waals surface area contributed by atoms with Gasteiger partial charge in [0.1, 0.15) is 0 Å². The van der Waals surface area contributed by atoms with Gasteiger partial charge in [-0.3, -0.25) is 4.99 Å². The second-order valence-electron chi connectivity index (χ2n) is 6.20. The molecule has 6 nitrogen and oxygen atoms in total. The molecule has 1 aromatic carbocycles. The summed E-state index contributed by atoms with van der Waals surface area (Å²) in [6.07, 6.45) is 0.613. The molecule has 2 N–H and O–H groups in total. The van der Waals surface area contributed by atoms with Crippen LogP contribution in [0.3, 0.4) is 0 Å². The van der Waals surface area contributed by atoms with E-state index in [-0.39, 0.29) is 41.1 Å². The highest BCUT2D eigenvalue weighted by atomic mass is 127. The fourth-order valence-corrected chi connectivity index (χ4v) is 2.07. The molecule has 0 atom stereocenters. The van der Waals surface area contributed by atoms with Crippen LogP contribution in [-0.2, 0) is 11.2 Å². The Kier molecular flexibility index (Phi) is 12.3. The van der Waals surface area contributed by atoms with E-state index in [1.54, 1.807) is 19.2 Å². The largest absolute Gasteiger partial charge is 0.493 e. The van der Waals surface area contributed by atoms with E-state index in [9.17, 15) is 8.78 Å². The molecule has 0 aliphatic rings. The molecule has 27 heavy (non-hydrogen) atoms. The number of aliphatic imine (C=N–C) groups is 1. The number of hydrogen-bond donors (Lipinski definition) is 2. The lowest BCUT2D eigenvalue weighted by atomic mass is 10.1. The van der Waals surface area contributed by atoms with Crippen LogP contribution in [0, 0.1) is 0 Å². The first kappa shape index (κ1) is 25.6. The van der Waals surface area contributed by atoms with Gasteiger partial charge in [-0.2, -0.15) is 8.78 Å². The minimum Gasteiger partial charge on any atom is -0.493 e. The molecule has 1 rings (SSSR count). The Labute approximate surface area is 177 Å². The van der Waals surface area contributed by atoms with Gasteiger partial charge >= 0.3 is 6.61 Å². The summed E-state index contributed by atoms with van der Waals surface area (Å²) in [5, 5.41) is 6.38. The molecular weight excluding hydrogens is 471 g/mol. The number of ether oxygens (including phenoxy) is 3. The summed E-state index contributed by atoms with van der Waals surface area (Å²) in [5.74, 6) is 0.983. The van der Waals surface area contributed by atoms with Gasteiger partial charge in [0.15, 0.2) is 17.5 Å². The number of guanidine groups is 1. The molecule has 0 unspecified atom stereocenters. The van der Waals surface area contributed by atoms with E-state index in [1.807, 2.05) is 26.8 Å². The quantitative estimate of drug-likeness (QED) is 0.292. The molecule has 0 heterocycles. The third kappa shape index (κ3) is 9.94. The molecule has 0 saturated heterocycles. The molecule has 0 spiro atoms. The molecule has 0 aliphatic heterocycles. The third-order valence-electron chi connectivity index (χ3n) is 3.66. The predicted octanol–water partition coefficient (Wildman–Crippen LogP) is 3.44. The van der Waals surface area contributed by atoms with Crippen LogP contribution in [0.4, 0.5) is 8.78 Å². The second-order valence-corrected chi connectivity index (χ2v) is 6.20. The van der Waals surface area contributed by atoms with Crippen LogP contribution >= 0.6 is 24.0 Å². The van der Waals surface area contributed by atoms with E-state index in [2.05, 4.69) is 20.4 Å². The van der Waals surface area contributed by atoms with E-state index in [0.717, 1.165) is 12.1 Å². The maximum absolute atomic E-state index is 12.5. The van der Waals surface area contributed by atoms with Crippen molar-refractivity contribution in [3.8, 4) is 11.5 Å². The summed E-state index contributed by atoms with van der Waals surface area (Å²) in [7, 11) is 3.06. The van der Waals surface area contributed by atoms with E-state index in [1.165, 1.54) is 7.11 Å². The van der Waals surface area contributed by atoms with E-state index in [0.29, 0.717) is 25.5 Å². The summed E-state index contributed by atoms with van der Waals surface area (Å²) in [6.45, 7) is 4.83. The lowest BCUT2D eigenvalue weighted by Gasteiger charge is -2.21. The van der Waals surface area contributed by atoms with Gasteiger partial charge in [-0.1, -0.05) is 6.07 Å². The number of nitrogens with zero attached hydrogens (tertiary/aromatic N) is 1. The van der Waals surface area contributed by atoms with Crippen molar-refractivity contribution in [2.45, 2.75) is 39.4 Å². The number of hydrogen-bond acceptors (Lipinski definition) is 4. The molecule has 156 valence electrons. The zero-order valence-corrected chi connectivity index (χ0v) is 18.8. The van der Waals surface area contributed by atoms with Crippen molar-refractivity contribution < 1.29 is 23.0 Å². The number of nitrogens with one attached hydrogen (secondary N) is 2. The maximum Gasteiger partial charge on any atom is 0.387 e. The molecule has 0 fully saturated rings. The third-order valence-corrected chi connectivity index (χ3v) is 3.66. The fourth-order valence-electron chi connectivity index (χ4n) is 2.07. The average Bonchev–Trinajstić information content (AvgIpc) is 2.59. The van der Waals surface area contributed by atoms with Crippen molar-refractivity contribution in [2.75, 3.05) is 33.9 Å². The van der Waals surface area contributed by atoms with Crippen LogP contribution < -0.4 is 20.1 Å². The minimum atomic E-state index is -2.89. The Bertz CT molecular complexity index is 587. The first-order valence-corrected chi connectivity index (χ1v) is 8.50. The molecule has 0 radical (unpaired) electrons. The zero-order valence-electron chi connectivity index (χ0n) is 16.5. The lowest BCUT2D eigenvalue weighted by molar-refractivity contribution is -0.0512. The lowest BCUT2D eigenvalue weighted by Crippen LogP contribution is -2.40. The van der Waals surface area contributed by atoms with Gasteiger partial charge in [0.05, 0.1) is 19.3 Å². The van der Waals surface area contributed by atoms with Gasteiger partial charge < -0.3 is 24.8 Å². The SMILES string of the molecule is CCNC(=NCC(C)(C)OC)NCCc1ccc(OC)c(OC(F)F)c1.I. The second kappa shape index (κ2) is 12.9. The van der Waals surface area contributed by atoms with Crippen molar-refractivity contribution in [1.82, 2.24) is 10.6 Å². The highest BCUT2D eigenvalue weighted by Gasteiger charge is 2.16. The van der Waals surface area contributed by atoms with Gasteiger partial charge in [0.25, 0.3) is 0 Å². The number of benzene rings is 1. The summed E-state index contributed by atoms with van der Waals surface area (Å²) >= 11 is 0. The predicted molar refractivity (Wildman–Crippen MR) is 114 cm³/mol. The Morgan fingerprint density at radius 1 is 1.19 bits per heavy atom. The minimum absolute atomic E-state index is 0. The first-order chi connectivity index (χ1) is 12.3. The van der Waals surface area contributed by atoms with Crippen molar-refractivity contribution >= 4 is 29.9 Å². The zero-order chi connectivity index (χ0) is 19.6. The van der Waals surface area contributed by atoms with Crippen molar-refractivity contribution in [2.24, 2.45) is 4.99 Å². The number of alkyl halides is 2. The Morgan fingerprint density at radius 3 is 2.44 bits per heavy atom. The van der Waals surface area contributed by atoms with Crippen LogP contribution in [0.15, 0.2) is 23.2 Å². The molecule has 0 saturated carbocycles. The van der Waals surface area contributed by atoms with E-state index in [4.69, 9.17) is 9.47 Å². The smallest absolute Gasteiger partial charge is 0.387 e. The van der Waals surface area contributed by atoms with Crippen LogP contribution in [-0.4, -0.2) is 52.0 Å². The van der Waals surface area contributed by atoms with Gasteiger partial charge in [-0.25, -0.2) is 0 Å². The fraction of sp³-hybridized carbons (Fsp3) is 0.611. The highest BCUT2D eigenvalue weighted by Crippen LogP contribution is 2.29. The molecule has 9 heteroatoms. The number of rotatable bonds is 10. The van der Waals surface area contributed by atoms with Gasteiger partial charge in [-0.15, -0.1) is 24.0 Å². The summed E-state index contributed by atoms with van der Waals surface area (Å²) in [6, 6.07) is 5.00. The van der Waals surface area contributed by atoms with Crippen LogP contribution in [0.5, 0.6) is 11.5 Å². The van der Waals surface area contributed by atoms with Crippen LogP contribution in [0.2, 0.25) is 0 Å². The average molecular weight is 501 g/mol. The van der Waals surface area contributed by atoms with Gasteiger partial charge in [0.2, 0.25) is 0 Å². The molecule has 0 amide bonds. The van der Waals surface area contributed by atoms with Crippen molar-refractivity contribution in [1.29, 1.82) is 0 Å². The summed E-state index contributed by atoms with van der Waals surface area (Å²) < 4.78 is 39.9. The maximum atomic E-state index is 12.5. The van der Waals surface area contributed by atoms with E-state index < -0.39 is 6.61 Å². The topological polar surface area (TPSA) is 64.1 Å². The van der Waals surface area contributed by atoms with Gasteiger partial charge in [-0.05, 0) is 44.9 Å². The van der Waals surface area contributed by atoms with Crippen molar-refractivity contribution in [3.05, 3.63) is 23.8 Å².